The summed E-state index contributed by atoms with van der Waals surface area (Å²) in [5.74, 6) is 2.74. The first kappa shape index (κ1) is 22.3. The Morgan fingerprint density at radius 3 is 2.88 bits per heavy atom. The summed E-state index contributed by atoms with van der Waals surface area (Å²) in [5, 5.41) is 8.61. The van der Waals surface area contributed by atoms with Crippen molar-refractivity contribution >= 4 is 53.0 Å². The summed E-state index contributed by atoms with van der Waals surface area (Å²) in [6.45, 7) is 2.94. The number of hydrogen-bond acceptors (Lipinski definition) is 6. The van der Waals surface area contributed by atoms with E-state index in [1.165, 1.54) is 0 Å². The molecule has 0 saturated carbocycles. The Morgan fingerprint density at radius 2 is 2.20 bits per heavy atom. The maximum atomic E-state index is 5.54. The zero-order valence-electron chi connectivity index (χ0n) is 14.3. The number of guanidine groups is 1. The van der Waals surface area contributed by atoms with Gasteiger partial charge in [0.05, 0.1) is 6.26 Å². The first-order valence-electron chi connectivity index (χ1n) is 7.95. The number of aromatic nitrogens is 1. The maximum Gasteiger partial charge on any atom is 0.190 e. The molecule has 2 heterocycles. The molecule has 0 aliphatic carbocycles. The lowest BCUT2D eigenvalue weighted by molar-refractivity contribution is 0.105. The predicted molar refractivity (Wildman–Crippen MR) is 115 cm³/mol. The minimum Gasteiger partial charge on any atom is -0.467 e. The summed E-state index contributed by atoms with van der Waals surface area (Å²) in [5.41, 5.74) is 0. The summed E-state index contributed by atoms with van der Waals surface area (Å²) in [7, 11) is 1.78. The fraction of sp³-hybridized carbons (Fsp3) is 0.500. The molecule has 2 aromatic heterocycles. The Labute approximate surface area is 174 Å². The molecule has 0 aliphatic heterocycles. The van der Waals surface area contributed by atoms with Crippen molar-refractivity contribution in [2.24, 2.45) is 4.99 Å². The Kier molecular flexibility index (Phi) is 12.8. The smallest absolute Gasteiger partial charge is 0.190 e. The lowest BCUT2D eigenvalue weighted by Crippen LogP contribution is -2.38. The van der Waals surface area contributed by atoms with Crippen molar-refractivity contribution in [2.75, 3.05) is 32.5 Å². The molecule has 2 N–H and O–H groups in total. The van der Waals surface area contributed by atoms with Crippen molar-refractivity contribution in [2.45, 2.75) is 23.8 Å². The molecule has 0 fully saturated rings. The number of aliphatic imine (C=N–C) groups is 1. The van der Waals surface area contributed by atoms with Crippen molar-refractivity contribution in [3.63, 3.8) is 0 Å². The van der Waals surface area contributed by atoms with Gasteiger partial charge >= 0.3 is 0 Å². The molecule has 2 aromatic rings. The minimum atomic E-state index is 0. The van der Waals surface area contributed by atoms with Gasteiger partial charge in [-0.25, -0.2) is 4.98 Å². The SMILES string of the molecule is CN=C(NCCCOCc1ccco1)NCCCSc1nccs1.I. The summed E-state index contributed by atoms with van der Waals surface area (Å²) in [4.78, 5) is 8.47. The topological polar surface area (TPSA) is 71.7 Å². The number of ether oxygens (including phenoxy) is 1. The van der Waals surface area contributed by atoms with Crippen molar-refractivity contribution in [1.29, 1.82) is 0 Å². The van der Waals surface area contributed by atoms with E-state index in [4.69, 9.17) is 9.15 Å². The average Bonchev–Trinajstić information content (AvgIpc) is 3.29. The third-order valence-corrected chi connectivity index (χ3v) is 5.11. The zero-order chi connectivity index (χ0) is 16.9. The molecule has 0 amide bonds. The number of nitrogens with one attached hydrogen (secondary N) is 2. The van der Waals surface area contributed by atoms with Gasteiger partial charge in [0.1, 0.15) is 16.7 Å². The van der Waals surface area contributed by atoms with Gasteiger partial charge in [-0.2, -0.15) is 0 Å². The molecular weight excluding hydrogens is 471 g/mol. The summed E-state index contributed by atoms with van der Waals surface area (Å²) < 4.78 is 11.9. The first-order valence-corrected chi connectivity index (χ1v) is 9.82. The standard InChI is InChI=1S/C16H24N4O2S2.HI/c1-17-15(19-7-4-11-23-16-20-8-12-24-16)18-6-3-9-21-13-14-5-2-10-22-14;/h2,5,8,10,12H,3-4,6-7,9,11,13H2,1H3,(H2,17,18,19);1H. The third kappa shape index (κ3) is 10.1. The first-order chi connectivity index (χ1) is 11.9. The average molecular weight is 496 g/mol. The highest BCUT2D eigenvalue weighted by molar-refractivity contribution is 14.0. The fourth-order valence-corrected chi connectivity index (χ4v) is 3.54. The van der Waals surface area contributed by atoms with Crippen LogP contribution in [-0.4, -0.2) is 43.4 Å². The van der Waals surface area contributed by atoms with E-state index < -0.39 is 0 Å². The number of rotatable bonds is 11. The molecule has 0 aliphatic rings. The lowest BCUT2D eigenvalue weighted by Gasteiger charge is -2.11. The largest absolute Gasteiger partial charge is 0.467 e. The molecule has 0 atom stereocenters. The molecule has 25 heavy (non-hydrogen) atoms. The number of thiazole rings is 1. The summed E-state index contributed by atoms with van der Waals surface area (Å²) >= 11 is 3.48. The van der Waals surface area contributed by atoms with Gasteiger partial charge < -0.3 is 19.8 Å². The molecule has 140 valence electrons. The van der Waals surface area contributed by atoms with Gasteiger partial charge in [-0.05, 0) is 25.0 Å². The van der Waals surface area contributed by atoms with Gasteiger partial charge in [0.25, 0.3) is 0 Å². The molecule has 0 radical (unpaired) electrons. The molecule has 0 unspecified atom stereocenters. The van der Waals surface area contributed by atoms with Crippen molar-refractivity contribution in [1.82, 2.24) is 15.6 Å². The highest BCUT2D eigenvalue weighted by Crippen LogP contribution is 2.20. The van der Waals surface area contributed by atoms with E-state index >= 15 is 0 Å². The van der Waals surface area contributed by atoms with Crippen LogP contribution in [0.2, 0.25) is 0 Å². The minimum absolute atomic E-state index is 0. The van der Waals surface area contributed by atoms with Gasteiger partial charge in [0, 0.05) is 44.1 Å². The van der Waals surface area contributed by atoms with Crippen LogP contribution in [0.25, 0.3) is 0 Å². The van der Waals surface area contributed by atoms with Gasteiger partial charge in [0.2, 0.25) is 0 Å². The summed E-state index contributed by atoms with van der Waals surface area (Å²) in [6.07, 6.45) is 5.49. The van der Waals surface area contributed by atoms with Crippen LogP contribution < -0.4 is 10.6 Å². The molecule has 6 nitrogen and oxygen atoms in total. The number of hydrogen-bond donors (Lipinski definition) is 2. The number of nitrogens with zero attached hydrogens (tertiary/aromatic N) is 2. The quantitative estimate of drug-likeness (QED) is 0.163. The molecule has 9 heteroatoms. The van der Waals surface area contributed by atoms with Crippen LogP contribution in [0.15, 0.2) is 43.7 Å². The van der Waals surface area contributed by atoms with Crippen LogP contribution in [0.3, 0.4) is 0 Å². The maximum absolute atomic E-state index is 5.54. The van der Waals surface area contributed by atoms with Crippen LogP contribution >= 0.6 is 47.1 Å². The van der Waals surface area contributed by atoms with Crippen LogP contribution in [0.5, 0.6) is 0 Å². The van der Waals surface area contributed by atoms with Crippen LogP contribution in [0.4, 0.5) is 0 Å². The molecule has 0 bridgehead atoms. The van der Waals surface area contributed by atoms with E-state index in [0.717, 1.165) is 47.7 Å². The Bertz CT molecular complexity index is 565. The second-order valence-electron chi connectivity index (χ2n) is 4.91. The number of halogens is 1. The molecule has 0 spiro atoms. The van der Waals surface area contributed by atoms with E-state index in [0.29, 0.717) is 13.2 Å². The Balaban J connectivity index is 0.00000312. The molecule has 0 saturated heterocycles. The lowest BCUT2D eigenvalue weighted by atomic mass is 10.4. The highest BCUT2D eigenvalue weighted by atomic mass is 127. The van der Waals surface area contributed by atoms with E-state index in [9.17, 15) is 0 Å². The van der Waals surface area contributed by atoms with E-state index in [2.05, 4.69) is 20.6 Å². The van der Waals surface area contributed by atoms with E-state index in [-0.39, 0.29) is 24.0 Å². The van der Waals surface area contributed by atoms with Crippen LogP contribution in [0, 0.1) is 0 Å². The van der Waals surface area contributed by atoms with Crippen molar-refractivity contribution in [3.05, 3.63) is 35.7 Å². The molecular formula is C16H25IN4O2S2. The molecule has 2 rings (SSSR count). The second-order valence-corrected chi connectivity index (χ2v) is 7.15. The Morgan fingerprint density at radius 1 is 1.36 bits per heavy atom. The third-order valence-electron chi connectivity index (χ3n) is 3.05. The van der Waals surface area contributed by atoms with Crippen molar-refractivity contribution in [3.8, 4) is 0 Å². The van der Waals surface area contributed by atoms with Crippen molar-refractivity contribution < 1.29 is 9.15 Å². The van der Waals surface area contributed by atoms with Gasteiger partial charge in [-0.3, -0.25) is 4.99 Å². The normalized spacial score (nSPS) is 11.2. The van der Waals surface area contributed by atoms with Gasteiger partial charge in [-0.15, -0.1) is 35.3 Å². The number of thioether (sulfide) groups is 1. The zero-order valence-corrected chi connectivity index (χ0v) is 18.2. The molecule has 0 aromatic carbocycles. The van der Waals surface area contributed by atoms with Crippen LogP contribution in [-0.2, 0) is 11.3 Å². The fourth-order valence-electron chi connectivity index (χ4n) is 1.89. The van der Waals surface area contributed by atoms with Crippen LogP contribution in [0.1, 0.15) is 18.6 Å². The van der Waals surface area contributed by atoms with E-state index in [1.807, 2.05) is 23.7 Å². The number of furan rings is 1. The van der Waals surface area contributed by atoms with Gasteiger partial charge in [0.15, 0.2) is 5.96 Å². The Hall–Kier alpha value is -0.780. The predicted octanol–water partition coefficient (Wildman–Crippen LogP) is 3.61. The highest BCUT2D eigenvalue weighted by Gasteiger charge is 1.99. The monoisotopic (exact) mass is 496 g/mol. The second kappa shape index (κ2) is 14.4. The van der Waals surface area contributed by atoms with Gasteiger partial charge in [-0.1, -0.05) is 11.8 Å². The summed E-state index contributed by atoms with van der Waals surface area (Å²) in [6, 6.07) is 3.78. The van der Waals surface area contributed by atoms with E-state index in [1.54, 1.807) is 36.4 Å².